The molecule has 0 spiro atoms. The molecule has 2 aromatic carbocycles. The summed E-state index contributed by atoms with van der Waals surface area (Å²) in [6, 6.07) is 10.7. The molecule has 0 radical (unpaired) electrons. The van der Waals surface area contributed by atoms with Gasteiger partial charge in [0.25, 0.3) is 11.1 Å². The molecule has 1 aromatic heterocycles. The van der Waals surface area contributed by atoms with Gasteiger partial charge < -0.3 is 10.2 Å². The number of fused-ring (bicyclic) bond motifs is 1. The maximum atomic E-state index is 13.6. The van der Waals surface area contributed by atoms with Crippen LogP contribution in [0.4, 0.5) is 4.39 Å². The van der Waals surface area contributed by atoms with E-state index in [4.69, 9.17) is 10.2 Å². The topological polar surface area (TPSA) is 69.1 Å². The zero-order valence-electron chi connectivity index (χ0n) is 14.3. The minimum atomic E-state index is -0.741. The molecule has 0 unspecified atom stereocenters. The molecule has 2 N–H and O–H groups in total. The van der Waals surface area contributed by atoms with E-state index in [0.717, 1.165) is 11.6 Å². The number of aromatic nitrogens is 1. The summed E-state index contributed by atoms with van der Waals surface area (Å²) >= 11 is 1.39. The van der Waals surface area contributed by atoms with Gasteiger partial charge in [-0.25, -0.2) is 9.37 Å². The first-order valence-corrected chi connectivity index (χ1v) is 8.85. The van der Waals surface area contributed by atoms with Crippen LogP contribution >= 0.6 is 11.8 Å². The monoisotopic (exact) mass is 358 g/mol. The van der Waals surface area contributed by atoms with Crippen molar-refractivity contribution in [2.24, 2.45) is 5.73 Å². The van der Waals surface area contributed by atoms with Crippen molar-refractivity contribution in [3.05, 3.63) is 58.9 Å². The molecule has 25 heavy (non-hydrogen) atoms. The van der Waals surface area contributed by atoms with Gasteiger partial charge in [-0.2, -0.15) is 0 Å². The van der Waals surface area contributed by atoms with E-state index in [2.05, 4.69) is 50.0 Å². The summed E-state index contributed by atoms with van der Waals surface area (Å²) in [5.74, 6) is -0.648. The molecular formula is C19H19FN2O2S. The third-order valence-electron chi connectivity index (χ3n) is 3.88. The Balaban J connectivity index is 1.80. The first kappa shape index (κ1) is 17.5. The van der Waals surface area contributed by atoms with Gasteiger partial charge in [-0.05, 0) is 22.6 Å². The predicted molar refractivity (Wildman–Crippen MR) is 97.2 cm³/mol. The Kier molecular flexibility index (Phi) is 4.56. The second-order valence-corrected chi connectivity index (χ2v) is 7.81. The minimum absolute atomic E-state index is 0.00359. The van der Waals surface area contributed by atoms with Crippen LogP contribution in [-0.2, 0) is 11.2 Å². The third-order valence-corrected chi connectivity index (χ3v) is 4.78. The van der Waals surface area contributed by atoms with E-state index in [0.29, 0.717) is 16.5 Å². The van der Waals surface area contributed by atoms with E-state index in [1.165, 1.54) is 23.4 Å². The second-order valence-electron chi connectivity index (χ2n) is 6.88. The van der Waals surface area contributed by atoms with Crippen LogP contribution in [0.25, 0.3) is 11.1 Å². The first-order valence-electron chi connectivity index (χ1n) is 7.86. The number of rotatable bonds is 4. The zero-order chi connectivity index (χ0) is 18.2. The number of benzene rings is 2. The van der Waals surface area contributed by atoms with Crippen LogP contribution in [0, 0.1) is 5.82 Å². The molecule has 3 aromatic rings. The average molecular weight is 358 g/mol. The second kappa shape index (κ2) is 6.52. The van der Waals surface area contributed by atoms with Gasteiger partial charge in [0.15, 0.2) is 5.58 Å². The number of nitrogens with two attached hydrogens (primary N) is 1. The number of carbonyl (C=O) groups is 1. The number of nitrogens with zero attached hydrogens (tertiary/aromatic N) is 1. The third kappa shape index (κ3) is 3.85. The highest BCUT2D eigenvalue weighted by atomic mass is 32.2. The van der Waals surface area contributed by atoms with Crippen LogP contribution in [0.15, 0.2) is 46.0 Å². The lowest BCUT2D eigenvalue weighted by Crippen LogP contribution is -2.11. The number of carbonyl (C=O) groups excluding carboxylic acids is 1. The Bertz CT molecular complexity index is 927. The summed E-state index contributed by atoms with van der Waals surface area (Å²) in [4.78, 5) is 15.7. The summed E-state index contributed by atoms with van der Waals surface area (Å²) < 4.78 is 19.2. The summed E-state index contributed by atoms with van der Waals surface area (Å²) in [6.07, 6.45) is 0. The van der Waals surface area contributed by atoms with Crippen molar-refractivity contribution in [2.75, 3.05) is 0 Å². The number of hydrogen-bond donors (Lipinski definition) is 1. The highest BCUT2D eigenvalue weighted by molar-refractivity contribution is 7.98. The molecule has 0 atom stereocenters. The van der Waals surface area contributed by atoms with Crippen LogP contribution in [0.3, 0.4) is 0 Å². The molecule has 6 heteroatoms. The van der Waals surface area contributed by atoms with Crippen molar-refractivity contribution in [1.29, 1.82) is 0 Å². The van der Waals surface area contributed by atoms with Crippen LogP contribution in [0.2, 0.25) is 0 Å². The molecule has 0 saturated heterocycles. The van der Waals surface area contributed by atoms with Crippen molar-refractivity contribution in [1.82, 2.24) is 4.98 Å². The number of hydrogen-bond acceptors (Lipinski definition) is 4. The minimum Gasteiger partial charge on any atom is -0.430 e. The predicted octanol–water partition coefficient (Wildman–Crippen LogP) is 4.66. The molecule has 0 aliphatic rings. The summed E-state index contributed by atoms with van der Waals surface area (Å²) in [5, 5.41) is 0.378. The van der Waals surface area contributed by atoms with Crippen molar-refractivity contribution in [3.63, 3.8) is 0 Å². The van der Waals surface area contributed by atoms with Crippen molar-refractivity contribution in [3.8, 4) is 0 Å². The molecule has 3 rings (SSSR count). The van der Waals surface area contributed by atoms with E-state index in [9.17, 15) is 9.18 Å². The van der Waals surface area contributed by atoms with Gasteiger partial charge >= 0.3 is 0 Å². The first-order chi connectivity index (χ1) is 11.7. The van der Waals surface area contributed by atoms with Crippen LogP contribution in [0.5, 0.6) is 0 Å². The van der Waals surface area contributed by atoms with E-state index >= 15 is 0 Å². The summed E-state index contributed by atoms with van der Waals surface area (Å²) in [6.45, 7) is 6.51. The lowest BCUT2D eigenvalue weighted by molar-refractivity contribution is 0.100. The van der Waals surface area contributed by atoms with Gasteiger partial charge in [-0.1, -0.05) is 56.8 Å². The Hall–Kier alpha value is -2.34. The normalized spacial score (nSPS) is 11.8. The SMILES string of the molecule is CC(C)(C)c1ccc(CSc2nc3cc(F)cc(C(N)=O)c3o2)cc1. The van der Waals surface area contributed by atoms with Crippen LogP contribution in [0.1, 0.15) is 42.3 Å². The number of primary amides is 1. The van der Waals surface area contributed by atoms with Crippen molar-refractivity contribution < 1.29 is 13.6 Å². The van der Waals surface area contributed by atoms with Gasteiger partial charge in [-0.3, -0.25) is 4.79 Å². The number of halogens is 1. The molecule has 1 heterocycles. The molecule has 0 aliphatic heterocycles. The van der Waals surface area contributed by atoms with Crippen LogP contribution in [-0.4, -0.2) is 10.9 Å². The van der Waals surface area contributed by atoms with Crippen LogP contribution < -0.4 is 5.73 Å². The Morgan fingerprint density at radius 1 is 1.24 bits per heavy atom. The summed E-state index contributed by atoms with van der Waals surface area (Å²) in [7, 11) is 0. The molecule has 4 nitrogen and oxygen atoms in total. The maximum Gasteiger partial charge on any atom is 0.257 e. The van der Waals surface area contributed by atoms with E-state index < -0.39 is 11.7 Å². The standard InChI is InChI=1S/C19H19FN2O2S/c1-19(2,3)12-6-4-11(5-7-12)10-25-18-22-15-9-13(20)8-14(17(21)23)16(15)24-18/h4-9H,10H2,1-3H3,(H2,21,23). The fourth-order valence-corrected chi connectivity index (χ4v) is 3.26. The quantitative estimate of drug-likeness (QED) is 0.689. The van der Waals surface area contributed by atoms with Gasteiger partial charge in [0.1, 0.15) is 11.3 Å². The Morgan fingerprint density at radius 3 is 2.52 bits per heavy atom. The number of oxazole rings is 1. The highest BCUT2D eigenvalue weighted by Gasteiger charge is 2.16. The molecule has 0 fully saturated rings. The fourth-order valence-electron chi connectivity index (χ4n) is 2.47. The number of thioether (sulfide) groups is 1. The smallest absolute Gasteiger partial charge is 0.257 e. The lowest BCUT2D eigenvalue weighted by atomic mass is 9.87. The Labute approximate surface area is 149 Å². The van der Waals surface area contributed by atoms with E-state index in [1.54, 1.807) is 0 Å². The molecule has 0 aliphatic carbocycles. The van der Waals surface area contributed by atoms with E-state index in [1.807, 2.05) is 0 Å². The Morgan fingerprint density at radius 2 is 1.92 bits per heavy atom. The molecule has 0 bridgehead atoms. The van der Waals surface area contributed by atoms with Crippen molar-refractivity contribution >= 4 is 28.8 Å². The van der Waals surface area contributed by atoms with E-state index in [-0.39, 0.29) is 16.6 Å². The molecule has 1 amide bonds. The maximum absolute atomic E-state index is 13.6. The van der Waals surface area contributed by atoms with Gasteiger partial charge in [-0.15, -0.1) is 0 Å². The number of amides is 1. The van der Waals surface area contributed by atoms with Gasteiger partial charge in [0.2, 0.25) is 0 Å². The largest absolute Gasteiger partial charge is 0.430 e. The van der Waals surface area contributed by atoms with Crippen molar-refractivity contribution in [2.45, 2.75) is 37.2 Å². The average Bonchev–Trinajstić information content (AvgIpc) is 2.94. The lowest BCUT2D eigenvalue weighted by Gasteiger charge is -2.19. The zero-order valence-corrected chi connectivity index (χ0v) is 15.1. The molecule has 130 valence electrons. The molecular weight excluding hydrogens is 339 g/mol. The van der Waals surface area contributed by atoms with Gasteiger partial charge in [0.05, 0.1) is 5.56 Å². The highest BCUT2D eigenvalue weighted by Crippen LogP contribution is 2.29. The molecule has 0 saturated carbocycles. The fraction of sp³-hybridized carbons (Fsp3) is 0.263. The van der Waals surface area contributed by atoms with Gasteiger partial charge in [0, 0.05) is 11.8 Å². The summed E-state index contributed by atoms with van der Waals surface area (Å²) in [5.41, 5.74) is 8.30.